The molecule has 34 heavy (non-hydrogen) atoms. The Bertz CT molecular complexity index is 1170. The van der Waals surface area contributed by atoms with Crippen molar-refractivity contribution in [3.8, 4) is 5.75 Å². The maximum Gasteiger partial charge on any atom is 0.276 e. The van der Waals surface area contributed by atoms with Crippen LogP contribution in [0.25, 0.3) is 0 Å². The Kier molecular flexibility index (Phi) is 7.12. The zero-order valence-corrected chi connectivity index (χ0v) is 18.0. The number of aromatic nitrogens is 1. The van der Waals surface area contributed by atoms with Crippen LogP contribution in [0, 0.1) is 17.5 Å². The van der Waals surface area contributed by atoms with Crippen LogP contribution in [0.15, 0.2) is 23.1 Å². The number of carbonyl (C=O) groups is 2. The zero-order chi connectivity index (χ0) is 25.3. The number of carbonyl (C=O) groups excluding carboxylic acids is 2. The SMILES string of the molecule is C[C@@H]1C[C@H](F)[C@H](CF)N(C)C(=O)c2c(O)c(=O)c(C(=O)NCc3c(F)cc(F)cc3F)cn2N1. The molecule has 0 aliphatic carbocycles. The number of nitrogens with zero attached hydrogens (tertiary/aromatic N) is 2. The van der Waals surface area contributed by atoms with E-state index < -0.39 is 88.7 Å². The summed E-state index contributed by atoms with van der Waals surface area (Å²) in [7, 11) is 1.11. The molecule has 0 fully saturated rings. The van der Waals surface area contributed by atoms with Crippen LogP contribution < -0.4 is 16.2 Å². The topological polar surface area (TPSA) is 104 Å². The molecule has 0 saturated heterocycles. The van der Waals surface area contributed by atoms with Crippen molar-refractivity contribution < 1.29 is 36.6 Å². The number of benzene rings is 1. The number of pyridine rings is 1. The fourth-order valence-corrected chi connectivity index (χ4v) is 3.62. The van der Waals surface area contributed by atoms with Gasteiger partial charge in [0, 0.05) is 49.9 Å². The lowest BCUT2D eigenvalue weighted by molar-refractivity contribution is 0.0561. The van der Waals surface area contributed by atoms with E-state index >= 15 is 0 Å². The summed E-state index contributed by atoms with van der Waals surface area (Å²) in [5.41, 5.74) is -0.676. The van der Waals surface area contributed by atoms with Gasteiger partial charge in [0.1, 0.15) is 35.9 Å². The van der Waals surface area contributed by atoms with Crippen LogP contribution in [0.1, 0.15) is 39.8 Å². The minimum absolute atomic E-state index is 0.247. The van der Waals surface area contributed by atoms with Gasteiger partial charge in [-0.1, -0.05) is 0 Å². The van der Waals surface area contributed by atoms with Gasteiger partial charge in [-0.05, 0) is 6.92 Å². The normalized spacial score (nSPS) is 20.6. The van der Waals surface area contributed by atoms with Gasteiger partial charge in [0.25, 0.3) is 11.8 Å². The largest absolute Gasteiger partial charge is 0.502 e. The van der Waals surface area contributed by atoms with Crippen LogP contribution in [-0.2, 0) is 6.54 Å². The van der Waals surface area contributed by atoms with Gasteiger partial charge >= 0.3 is 0 Å². The first kappa shape index (κ1) is 25.0. The highest BCUT2D eigenvalue weighted by molar-refractivity contribution is 5.98. The molecule has 3 N–H and O–H groups in total. The number of hydrogen-bond donors (Lipinski definition) is 3. The molecule has 1 aromatic heterocycles. The minimum atomic E-state index is -1.77. The average molecular weight is 488 g/mol. The first-order chi connectivity index (χ1) is 16.0. The Morgan fingerprint density at radius 3 is 2.44 bits per heavy atom. The molecule has 0 bridgehead atoms. The third-order valence-corrected chi connectivity index (χ3v) is 5.49. The summed E-state index contributed by atoms with van der Waals surface area (Å²) in [6.45, 7) is -0.472. The van der Waals surface area contributed by atoms with E-state index in [4.69, 9.17) is 0 Å². The lowest BCUT2D eigenvalue weighted by atomic mass is 10.0. The molecule has 8 nitrogen and oxygen atoms in total. The van der Waals surface area contributed by atoms with E-state index in [0.29, 0.717) is 12.1 Å². The van der Waals surface area contributed by atoms with Crippen LogP contribution in [0.2, 0.25) is 0 Å². The Labute approximate surface area is 189 Å². The van der Waals surface area contributed by atoms with E-state index in [9.17, 15) is 41.4 Å². The molecule has 1 aromatic carbocycles. The van der Waals surface area contributed by atoms with E-state index in [2.05, 4.69) is 10.7 Å². The molecule has 0 saturated carbocycles. The monoisotopic (exact) mass is 488 g/mol. The minimum Gasteiger partial charge on any atom is -0.502 e. The predicted molar refractivity (Wildman–Crippen MR) is 110 cm³/mol. The van der Waals surface area contributed by atoms with Gasteiger partial charge in [-0.3, -0.25) is 19.1 Å². The third kappa shape index (κ3) is 4.68. The number of fused-ring (bicyclic) bond motifs is 1. The third-order valence-electron chi connectivity index (χ3n) is 5.49. The maximum atomic E-state index is 14.5. The molecule has 1 aliphatic rings. The lowest BCUT2D eigenvalue weighted by Gasteiger charge is -2.28. The molecule has 1 aliphatic heterocycles. The number of nitrogens with one attached hydrogen (secondary N) is 2. The van der Waals surface area contributed by atoms with Crippen LogP contribution in [0.5, 0.6) is 5.75 Å². The molecular weight excluding hydrogens is 467 g/mol. The van der Waals surface area contributed by atoms with Crippen molar-refractivity contribution in [3.05, 3.63) is 62.8 Å². The van der Waals surface area contributed by atoms with Crippen LogP contribution >= 0.6 is 0 Å². The molecule has 0 radical (unpaired) electrons. The molecule has 2 heterocycles. The summed E-state index contributed by atoms with van der Waals surface area (Å²) >= 11 is 0. The highest BCUT2D eigenvalue weighted by atomic mass is 19.2. The molecule has 2 aromatic rings. The summed E-state index contributed by atoms with van der Waals surface area (Å²) in [5, 5.41) is 12.5. The first-order valence-corrected chi connectivity index (χ1v) is 10.1. The van der Waals surface area contributed by atoms with Crippen molar-refractivity contribution in [2.45, 2.75) is 38.1 Å². The second-order valence-electron chi connectivity index (χ2n) is 7.89. The fourth-order valence-electron chi connectivity index (χ4n) is 3.62. The first-order valence-electron chi connectivity index (χ1n) is 10.1. The van der Waals surface area contributed by atoms with Gasteiger partial charge in [-0.15, -0.1) is 0 Å². The lowest BCUT2D eigenvalue weighted by Crippen LogP contribution is -2.45. The van der Waals surface area contributed by atoms with Gasteiger partial charge in [0.15, 0.2) is 11.4 Å². The maximum absolute atomic E-state index is 14.5. The second-order valence-corrected chi connectivity index (χ2v) is 7.89. The summed E-state index contributed by atoms with van der Waals surface area (Å²) in [6, 6.07) is -1.38. The Morgan fingerprint density at radius 2 is 1.85 bits per heavy atom. The Morgan fingerprint density at radius 1 is 1.24 bits per heavy atom. The highest BCUT2D eigenvalue weighted by Gasteiger charge is 2.36. The van der Waals surface area contributed by atoms with Gasteiger partial charge in [0.2, 0.25) is 5.43 Å². The molecule has 0 spiro atoms. The molecule has 3 atom stereocenters. The van der Waals surface area contributed by atoms with Gasteiger partial charge in [-0.25, -0.2) is 22.0 Å². The van der Waals surface area contributed by atoms with Gasteiger partial charge in [0.05, 0.1) is 6.04 Å². The summed E-state index contributed by atoms with van der Waals surface area (Å²) in [6.07, 6.45) is -1.16. The second kappa shape index (κ2) is 9.69. The molecule has 184 valence electrons. The smallest absolute Gasteiger partial charge is 0.276 e. The Hall–Kier alpha value is -3.64. The number of aromatic hydroxyl groups is 1. The quantitative estimate of drug-likeness (QED) is 0.572. The Balaban J connectivity index is 2.00. The van der Waals surface area contributed by atoms with Crippen LogP contribution in [-0.4, -0.2) is 58.5 Å². The average Bonchev–Trinajstić information content (AvgIpc) is 2.77. The fraction of sp³-hybridized carbons (Fsp3) is 0.381. The van der Waals surface area contributed by atoms with Crippen molar-refractivity contribution >= 4 is 11.8 Å². The number of halogens is 5. The van der Waals surface area contributed by atoms with Crippen molar-refractivity contribution in [1.29, 1.82) is 0 Å². The summed E-state index contributed by atoms with van der Waals surface area (Å²) in [4.78, 5) is 38.8. The molecule has 13 heteroatoms. The number of amides is 2. The van der Waals surface area contributed by atoms with Gasteiger partial charge in [-0.2, -0.15) is 0 Å². The molecule has 2 amide bonds. The predicted octanol–water partition coefficient (Wildman–Crippen LogP) is 1.99. The van der Waals surface area contributed by atoms with Crippen LogP contribution in [0.4, 0.5) is 22.0 Å². The number of alkyl halides is 2. The van der Waals surface area contributed by atoms with E-state index in [1.807, 2.05) is 0 Å². The van der Waals surface area contributed by atoms with Crippen molar-refractivity contribution in [3.63, 3.8) is 0 Å². The number of hydrogen-bond acceptors (Lipinski definition) is 5. The highest BCUT2D eigenvalue weighted by Crippen LogP contribution is 2.23. The van der Waals surface area contributed by atoms with Crippen molar-refractivity contribution in [2.24, 2.45) is 0 Å². The van der Waals surface area contributed by atoms with Gasteiger partial charge < -0.3 is 20.7 Å². The summed E-state index contributed by atoms with van der Waals surface area (Å²) < 4.78 is 69.5. The van der Waals surface area contributed by atoms with E-state index in [1.54, 1.807) is 0 Å². The molecule has 0 unspecified atom stereocenters. The van der Waals surface area contributed by atoms with Crippen molar-refractivity contribution in [1.82, 2.24) is 14.9 Å². The van der Waals surface area contributed by atoms with Crippen molar-refractivity contribution in [2.75, 3.05) is 19.1 Å². The zero-order valence-electron chi connectivity index (χ0n) is 18.0. The van der Waals surface area contributed by atoms with E-state index in [-0.39, 0.29) is 6.42 Å². The standard InChI is InChI=1S/C21H21F5N4O4/c1-9-3-15(26)16(6-22)29(2)21(34)17-19(32)18(31)12(8-30(17)28-9)20(33)27-7-11-13(24)4-10(23)5-14(11)25/h4-5,8-9,15-16,28,32H,3,6-7H2,1-2H3,(H,27,33)/t9-,15+,16+/m1/s1. The molecular formula is C21H21F5N4O4. The number of rotatable bonds is 4. The summed E-state index contributed by atoms with van der Waals surface area (Å²) in [5.74, 6) is -7.11. The van der Waals surface area contributed by atoms with E-state index in [1.165, 1.54) is 6.92 Å². The van der Waals surface area contributed by atoms with Crippen LogP contribution in [0.3, 0.4) is 0 Å². The molecule has 3 rings (SSSR count). The van der Waals surface area contributed by atoms with E-state index in [0.717, 1.165) is 22.8 Å².